The van der Waals surface area contributed by atoms with Gasteiger partial charge >= 0.3 is 0 Å². The molecule has 0 fully saturated rings. The highest BCUT2D eigenvalue weighted by Crippen LogP contribution is 2.20. The van der Waals surface area contributed by atoms with Gasteiger partial charge in [0.15, 0.2) is 0 Å². The quantitative estimate of drug-likeness (QED) is 0.864. The molecule has 0 bridgehead atoms. The summed E-state index contributed by atoms with van der Waals surface area (Å²) in [5, 5.41) is 9.64. The van der Waals surface area contributed by atoms with Gasteiger partial charge in [0.05, 0.1) is 6.10 Å². The first-order valence-electron chi connectivity index (χ1n) is 4.31. The fourth-order valence-electron chi connectivity index (χ4n) is 1.13. The Hall–Kier alpha value is -0.870. The molecular formula is C10H12BrNO2. The van der Waals surface area contributed by atoms with Gasteiger partial charge < -0.3 is 10.8 Å². The summed E-state index contributed by atoms with van der Waals surface area (Å²) in [4.78, 5) is 10.5. The van der Waals surface area contributed by atoms with E-state index >= 15 is 0 Å². The first-order chi connectivity index (χ1) is 6.59. The minimum Gasteiger partial charge on any atom is -0.388 e. The summed E-state index contributed by atoms with van der Waals surface area (Å²) < 4.78 is 0.961. The van der Waals surface area contributed by atoms with Crippen LogP contribution in [0.4, 0.5) is 0 Å². The van der Waals surface area contributed by atoms with Gasteiger partial charge in [0.25, 0.3) is 0 Å². The summed E-state index contributed by atoms with van der Waals surface area (Å²) >= 11 is 3.30. The van der Waals surface area contributed by atoms with E-state index in [0.29, 0.717) is 6.42 Å². The number of hydrogen-bond acceptors (Lipinski definition) is 2. The van der Waals surface area contributed by atoms with Crippen molar-refractivity contribution in [2.75, 3.05) is 0 Å². The van der Waals surface area contributed by atoms with Crippen molar-refractivity contribution in [1.82, 2.24) is 0 Å². The molecule has 3 nitrogen and oxygen atoms in total. The Kier molecular flexibility index (Phi) is 4.10. The molecule has 76 valence electrons. The summed E-state index contributed by atoms with van der Waals surface area (Å²) in [6, 6.07) is 7.33. The zero-order valence-electron chi connectivity index (χ0n) is 7.61. The van der Waals surface area contributed by atoms with Crippen LogP contribution in [0, 0.1) is 0 Å². The number of benzene rings is 1. The maximum absolute atomic E-state index is 10.5. The third kappa shape index (κ3) is 3.47. The summed E-state index contributed by atoms with van der Waals surface area (Å²) in [7, 11) is 0. The van der Waals surface area contributed by atoms with Crippen molar-refractivity contribution in [3.05, 3.63) is 34.3 Å². The summed E-state index contributed by atoms with van der Waals surface area (Å²) in [5.74, 6) is -0.388. The van der Waals surface area contributed by atoms with Crippen LogP contribution in [0.15, 0.2) is 28.7 Å². The molecule has 0 radical (unpaired) electrons. The fourth-order valence-corrected chi connectivity index (χ4v) is 1.39. The highest BCUT2D eigenvalue weighted by molar-refractivity contribution is 9.10. The Morgan fingerprint density at radius 3 is 2.50 bits per heavy atom. The normalized spacial score (nSPS) is 12.4. The van der Waals surface area contributed by atoms with Gasteiger partial charge in [0.2, 0.25) is 5.91 Å². The lowest BCUT2D eigenvalue weighted by atomic mass is 10.1. The predicted octanol–water partition coefficient (Wildman–Crippen LogP) is 1.75. The standard InChI is InChI=1S/C10H12BrNO2/c11-8-3-1-7(2-4-8)9(13)5-6-10(12)14/h1-4,9,13H,5-6H2,(H2,12,14). The molecule has 14 heavy (non-hydrogen) atoms. The molecule has 0 aliphatic rings. The molecule has 4 heteroatoms. The summed E-state index contributed by atoms with van der Waals surface area (Å²) in [5.41, 5.74) is 5.79. The van der Waals surface area contributed by atoms with E-state index in [1.54, 1.807) is 0 Å². The van der Waals surface area contributed by atoms with Crippen molar-refractivity contribution in [3.63, 3.8) is 0 Å². The summed E-state index contributed by atoms with van der Waals surface area (Å²) in [6.07, 6.45) is -0.0376. The average Bonchev–Trinajstić information content (AvgIpc) is 2.15. The third-order valence-corrected chi connectivity index (χ3v) is 2.45. The Morgan fingerprint density at radius 2 is 2.00 bits per heavy atom. The van der Waals surface area contributed by atoms with Crippen molar-refractivity contribution in [2.45, 2.75) is 18.9 Å². The first-order valence-corrected chi connectivity index (χ1v) is 5.10. The number of halogens is 1. The van der Waals surface area contributed by atoms with E-state index in [0.717, 1.165) is 10.0 Å². The van der Waals surface area contributed by atoms with Gasteiger partial charge in [-0.15, -0.1) is 0 Å². The molecule has 1 aromatic carbocycles. The van der Waals surface area contributed by atoms with Gasteiger partial charge in [-0.1, -0.05) is 28.1 Å². The number of hydrogen-bond donors (Lipinski definition) is 2. The van der Waals surface area contributed by atoms with Crippen molar-refractivity contribution in [1.29, 1.82) is 0 Å². The van der Waals surface area contributed by atoms with E-state index in [9.17, 15) is 9.90 Å². The molecule has 0 aromatic heterocycles. The average molecular weight is 258 g/mol. The molecule has 1 rings (SSSR count). The highest BCUT2D eigenvalue weighted by Gasteiger charge is 2.08. The molecule has 0 saturated heterocycles. The monoisotopic (exact) mass is 257 g/mol. The zero-order chi connectivity index (χ0) is 10.6. The fraction of sp³-hybridized carbons (Fsp3) is 0.300. The number of amides is 1. The van der Waals surface area contributed by atoms with Gasteiger partial charge in [-0.3, -0.25) is 4.79 Å². The van der Waals surface area contributed by atoms with Crippen LogP contribution in [-0.4, -0.2) is 11.0 Å². The van der Waals surface area contributed by atoms with Crippen LogP contribution < -0.4 is 5.73 Å². The van der Waals surface area contributed by atoms with Crippen LogP contribution in [0.25, 0.3) is 0 Å². The van der Waals surface area contributed by atoms with E-state index < -0.39 is 6.10 Å². The van der Waals surface area contributed by atoms with Crippen molar-refractivity contribution in [2.24, 2.45) is 5.73 Å². The van der Waals surface area contributed by atoms with Crippen LogP contribution in [0.1, 0.15) is 24.5 Å². The number of aliphatic hydroxyl groups is 1. The van der Waals surface area contributed by atoms with Gasteiger partial charge in [-0.05, 0) is 24.1 Å². The number of carbonyl (C=O) groups is 1. The van der Waals surface area contributed by atoms with Gasteiger partial charge in [0, 0.05) is 10.9 Å². The molecule has 3 N–H and O–H groups in total. The topological polar surface area (TPSA) is 63.3 Å². The van der Waals surface area contributed by atoms with Crippen molar-refractivity contribution < 1.29 is 9.90 Å². The van der Waals surface area contributed by atoms with Crippen LogP contribution >= 0.6 is 15.9 Å². The lowest BCUT2D eigenvalue weighted by Crippen LogP contribution is -2.12. The van der Waals surface area contributed by atoms with Crippen molar-refractivity contribution >= 4 is 21.8 Å². The van der Waals surface area contributed by atoms with Gasteiger partial charge in [-0.2, -0.15) is 0 Å². The summed E-state index contributed by atoms with van der Waals surface area (Å²) in [6.45, 7) is 0. The van der Waals surface area contributed by atoms with E-state index in [1.165, 1.54) is 0 Å². The first kappa shape index (κ1) is 11.2. The van der Waals surface area contributed by atoms with Crippen LogP contribution in [0.2, 0.25) is 0 Å². The van der Waals surface area contributed by atoms with Crippen LogP contribution in [0.5, 0.6) is 0 Å². The largest absolute Gasteiger partial charge is 0.388 e. The van der Waals surface area contributed by atoms with Gasteiger partial charge in [-0.25, -0.2) is 0 Å². The second-order valence-corrected chi connectivity index (χ2v) is 3.99. The zero-order valence-corrected chi connectivity index (χ0v) is 9.20. The van der Waals surface area contributed by atoms with E-state index in [-0.39, 0.29) is 12.3 Å². The Balaban J connectivity index is 2.56. The van der Waals surface area contributed by atoms with Crippen LogP contribution in [0.3, 0.4) is 0 Å². The molecule has 1 aromatic rings. The number of carbonyl (C=O) groups excluding carboxylic acids is 1. The lowest BCUT2D eigenvalue weighted by Gasteiger charge is -2.09. The van der Waals surface area contributed by atoms with Crippen molar-refractivity contribution in [3.8, 4) is 0 Å². The minimum absolute atomic E-state index is 0.206. The van der Waals surface area contributed by atoms with E-state index in [4.69, 9.17) is 5.73 Å². The maximum atomic E-state index is 10.5. The van der Waals surface area contributed by atoms with E-state index in [1.807, 2.05) is 24.3 Å². The Morgan fingerprint density at radius 1 is 1.43 bits per heavy atom. The molecule has 1 unspecified atom stereocenters. The second-order valence-electron chi connectivity index (χ2n) is 3.07. The SMILES string of the molecule is NC(=O)CCC(O)c1ccc(Br)cc1. The number of nitrogens with two attached hydrogens (primary N) is 1. The molecule has 0 heterocycles. The third-order valence-electron chi connectivity index (χ3n) is 1.92. The molecule has 0 aliphatic heterocycles. The number of rotatable bonds is 4. The molecular weight excluding hydrogens is 246 g/mol. The van der Waals surface area contributed by atoms with Gasteiger partial charge in [0.1, 0.15) is 0 Å². The molecule has 0 saturated carbocycles. The predicted molar refractivity (Wildman–Crippen MR) is 57.5 cm³/mol. The Labute approximate surface area is 91.1 Å². The second kappa shape index (κ2) is 5.12. The molecule has 1 atom stereocenters. The minimum atomic E-state index is -0.615. The van der Waals surface area contributed by atoms with E-state index in [2.05, 4.69) is 15.9 Å². The molecule has 0 spiro atoms. The molecule has 1 amide bonds. The number of aliphatic hydroxyl groups excluding tert-OH is 1. The maximum Gasteiger partial charge on any atom is 0.217 e. The Bertz CT molecular complexity index is 310. The van der Waals surface area contributed by atoms with Crippen LogP contribution in [-0.2, 0) is 4.79 Å². The highest BCUT2D eigenvalue weighted by atomic mass is 79.9. The smallest absolute Gasteiger partial charge is 0.217 e. The number of primary amides is 1. The molecule has 0 aliphatic carbocycles. The lowest BCUT2D eigenvalue weighted by molar-refractivity contribution is -0.118.